The molecule has 18 heavy (non-hydrogen) atoms. The smallest absolute Gasteiger partial charge is 0.163 e. The largest absolute Gasteiger partial charge is 0.491 e. The van der Waals surface area contributed by atoms with E-state index >= 15 is 0 Å². The standard InChI is InChI=1S/C13H15FO4/c1-13(2)17-8-11(18-13)7-16-10-3-4-12(14)9(5-10)6-15/h3-6,11H,7-8H2,1-2H3. The number of hydrogen-bond acceptors (Lipinski definition) is 4. The van der Waals surface area contributed by atoms with Gasteiger partial charge in [0.25, 0.3) is 0 Å². The van der Waals surface area contributed by atoms with Crippen LogP contribution in [-0.4, -0.2) is 31.4 Å². The van der Waals surface area contributed by atoms with Gasteiger partial charge in [-0.1, -0.05) is 0 Å². The van der Waals surface area contributed by atoms with E-state index in [1.165, 1.54) is 18.2 Å². The first-order valence-corrected chi connectivity index (χ1v) is 5.69. The Balaban J connectivity index is 1.93. The monoisotopic (exact) mass is 254 g/mol. The van der Waals surface area contributed by atoms with Crippen molar-refractivity contribution in [2.45, 2.75) is 25.7 Å². The van der Waals surface area contributed by atoms with Crippen molar-refractivity contribution in [3.63, 3.8) is 0 Å². The van der Waals surface area contributed by atoms with Crippen molar-refractivity contribution in [3.05, 3.63) is 29.6 Å². The number of rotatable bonds is 4. The zero-order chi connectivity index (χ0) is 13.2. The molecule has 98 valence electrons. The molecule has 4 nitrogen and oxygen atoms in total. The van der Waals surface area contributed by atoms with Crippen molar-refractivity contribution in [3.8, 4) is 5.75 Å². The van der Waals surface area contributed by atoms with E-state index in [-0.39, 0.29) is 11.7 Å². The van der Waals surface area contributed by atoms with Crippen molar-refractivity contribution in [1.82, 2.24) is 0 Å². The minimum Gasteiger partial charge on any atom is -0.491 e. The zero-order valence-corrected chi connectivity index (χ0v) is 10.3. The Bertz CT molecular complexity index is 445. The fourth-order valence-electron chi connectivity index (χ4n) is 1.74. The Morgan fingerprint density at radius 3 is 2.94 bits per heavy atom. The summed E-state index contributed by atoms with van der Waals surface area (Å²) < 4.78 is 29.5. The molecule has 1 aromatic carbocycles. The first-order chi connectivity index (χ1) is 8.50. The number of hydrogen-bond donors (Lipinski definition) is 0. The number of carbonyl (C=O) groups excluding carboxylic acids is 1. The maximum absolute atomic E-state index is 13.1. The van der Waals surface area contributed by atoms with Gasteiger partial charge >= 0.3 is 0 Å². The van der Waals surface area contributed by atoms with Gasteiger partial charge in [-0.25, -0.2) is 4.39 Å². The molecule has 5 heteroatoms. The Morgan fingerprint density at radius 1 is 1.56 bits per heavy atom. The van der Waals surface area contributed by atoms with Gasteiger partial charge in [0.15, 0.2) is 12.1 Å². The van der Waals surface area contributed by atoms with E-state index in [2.05, 4.69) is 0 Å². The summed E-state index contributed by atoms with van der Waals surface area (Å²) in [5.74, 6) is -0.712. The predicted molar refractivity (Wildman–Crippen MR) is 62.2 cm³/mol. The van der Waals surface area contributed by atoms with Gasteiger partial charge in [0.05, 0.1) is 12.2 Å². The number of benzene rings is 1. The van der Waals surface area contributed by atoms with Crippen LogP contribution in [0.2, 0.25) is 0 Å². The molecule has 0 bridgehead atoms. The summed E-state index contributed by atoms with van der Waals surface area (Å²) in [6, 6.07) is 4.04. The summed E-state index contributed by atoms with van der Waals surface area (Å²) >= 11 is 0. The number of halogens is 1. The lowest BCUT2D eigenvalue weighted by atomic mass is 10.2. The Labute approximate surface area is 105 Å². The SMILES string of the molecule is CC1(C)OCC(COc2ccc(F)c(C=O)c2)O1. The summed E-state index contributed by atoms with van der Waals surface area (Å²) in [7, 11) is 0. The summed E-state index contributed by atoms with van der Waals surface area (Å²) in [6.07, 6.45) is 0.297. The highest BCUT2D eigenvalue weighted by atomic mass is 19.1. The molecule has 0 N–H and O–H groups in total. The average Bonchev–Trinajstić information content (AvgIpc) is 2.68. The summed E-state index contributed by atoms with van der Waals surface area (Å²) in [5.41, 5.74) is -0.0172. The van der Waals surface area contributed by atoms with E-state index in [1.807, 2.05) is 13.8 Å². The lowest BCUT2D eigenvalue weighted by Crippen LogP contribution is -2.25. The molecular formula is C13H15FO4. The van der Waals surface area contributed by atoms with Crippen molar-refractivity contribution >= 4 is 6.29 Å². The minimum atomic E-state index is -0.592. The topological polar surface area (TPSA) is 44.8 Å². The van der Waals surface area contributed by atoms with Crippen LogP contribution in [0.15, 0.2) is 18.2 Å². The maximum Gasteiger partial charge on any atom is 0.163 e. The van der Waals surface area contributed by atoms with Gasteiger partial charge in [-0.3, -0.25) is 4.79 Å². The molecular weight excluding hydrogens is 239 g/mol. The molecule has 1 saturated heterocycles. The van der Waals surface area contributed by atoms with E-state index in [0.717, 1.165) is 0 Å². The molecule has 2 rings (SSSR count). The summed E-state index contributed by atoms with van der Waals surface area (Å²) in [4.78, 5) is 10.6. The molecule has 0 amide bonds. The van der Waals surface area contributed by atoms with E-state index in [9.17, 15) is 9.18 Å². The first kappa shape index (κ1) is 13.0. The van der Waals surface area contributed by atoms with Gasteiger partial charge in [0.2, 0.25) is 0 Å². The normalized spacial score (nSPS) is 21.8. The van der Waals surface area contributed by atoms with Gasteiger partial charge in [0, 0.05) is 0 Å². The molecule has 0 saturated carbocycles. The van der Waals surface area contributed by atoms with Crippen LogP contribution in [0.1, 0.15) is 24.2 Å². The second-order valence-corrected chi connectivity index (χ2v) is 4.56. The molecule has 0 spiro atoms. The molecule has 1 aromatic rings. The minimum absolute atomic E-state index is 0.0172. The fourth-order valence-corrected chi connectivity index (χ4v) is 1.74. The van der Waals surface area contributed by atoms with Crippen LogP contribution in [0.4, 0.5) is 4.39 Å². The average molecular weight is 254 g/mol. The molecule has 1 aliphatic heterocycles. The Kier molecular flexibility index (Phi) is 3.63. The highest BCUT2D eigenvalue weighted by molar-refractivity contribution is 5.75. The van der Waals surface area contributed by atoms with Gasteiger partial charge in [-0.05, 0) is 32.0 Å². The molecule has 1 aliphatic rings. The van der Waals surface area contributed by atoms with Crippen molar-refractivity contribution < 1.29 is 23.4 Å². The van der Waals surface area contributed by atoms with E-state index in [1.54, 1.807) is 0 Å². The first-order valence-electron chi connectivity index (χ1n) is 5.69. The van der Waals surface area contributed by atoms with E-state index in [0.29, 0.717) is 25.2 Å². The lowest BCUT2D eigenvalue weighted by Gasteiger charge is -2.17. The van der Waals surface area contributed by atoms with Gasteiger partial charge in [-0.15, -0.1) is 0 Å². The summed E-state index contributed by atoms with van der Waals surface area (Å²) in [6.45, 7) is 4.41. The van der Waals surface area contributed by atoms with E-state index < -0.39 is 11.6 Å². The molecule has 0 aliphatic carbocycles. The van der Waals surface area contributed by atoms with Crippen LogP contribution < -0.4 is 4.74 Å². The second-order valence-electron chi connectivity index (χ2n) is 4.56. The third-order valence-corrected chi connectivity index (χ3v) is 2.60. The Morgan fingerprint density at radius 2 is 2.33 bits per heavy atom. The molecule has 0 radical (unpaired) electrons. The van der Waals surface area contributed by atoms with Crippen molar-refractivity contribution in [2.24, 2.45) is 0 Å². The van der Waals surface area contributed by atoms with Crippen LogP contribution in [-0.2, 0) is 9.47 Å². The third-order valence-electron chi connectivity index (χ3n) is 2.60. The van der Waals surface area contributed by atoms with Crippen LogP contribution in [0, 0.1) is 5.82 Å². The number of ether oxygens (including phenoxy) is 3. The third kappa shape index (κ3) is 3.05. The lowest BCUT2D eigenvalue weighted by molar-refractivity contribution is -0.141. The van der Waals surface area contributed by atoms with Crippen molar-refractivity contribution in [1.29, 1.82) is 0 Å². The molecule has 0 aromatic heterocycles. The number of aldehydes is 1. The predicted octanol–water partition coefficient (Wildman–Crippen LogP) is 2.17. The van der Waals surface area contributed by atoms with Gasteiger partial charge in [0.1, 0.15) is 24.3 Å². The molecule has 1 atom stereocenters. The van der Waals surface area contributed by atoms with Crippen LogP contribution in [0.3, 0.4) is 0 Å². The maximum atomic E-state index is 13.1. The fraction of sp³-hybridized carbons (Fsp3) is 0.462. The quantitative estimate of drug-likeness (QED) is 0.772. The molecule has 1 fully saturated rings. The number of carbonyl (C=O) groups is 1. The van der Waals surface area contributed by atoms with Crippen LogP contribution >= 0.6 is 0 Å². The Hall–Kier alpha value is -1.46. The van der Waals surface area contributed by atoms with Gasteiger partial charge in [-0.2, -0.15) is 0 Å². The van der Waals surface area contributed by atoms with E-state index in [4.69, 9.17) is 14.2 Å². The van der Waals surface area contributed by atoms with Gasteiger partial charge < -0.3 is 14.2 Å². The van der Waals surface area contributed by atoms with Crippen molar-refractivity contribution in [2.75, 3.05) is 13.2 Å². The highest BCUT2D eigenvalue weighted by Crippen LogP contribution is 2.23. The highest BCUT2D eigenvalue weighted by Gasteiger charge is 2.32. The second kappa shape index (κ2) is 5.04. The van der Waals surface area contributed by atoms with Crippen LogP contribution in [0.5, 0.6) is 5.75 Å². The molecule has 1 unspecified atom stereocenters. The molecule has 1 heterocycles. The summed E-state index contributed by atoms with van der Waals surface area (Å²) in [5, 5.41) is 0. The zero-order valence-electron chi connectivity index (χ0n) is 10.3. The van der Waals surface area contributed by atoms with Crippen LogP contribution in [0.25, 0.3) is 0 Å².